The molecule has 0 N–H and O–H groups in total. The number of halogens is 1. The van der Waals surface area contributed by atoms with Crippen molar-refractivity contribution in [1.82, 2.24) is 0 Å². The average molecular weight is 526 g/mol. The Bertz CT molecular complexity index is 911. The summed E-state index contributed by atoms with van der Waals surface area (Å²) in [7, 11) is -1.97. The predicted molar refractivity (Wildman–Crippen MR) is 129 cm³/mol. The molecule has 0 fully saturated rings. The summed E-state index contributed by atoms with van der Waals surface area (Å²) in [6, 6.07) is 44.4. The molecule has 0 aliphatic heterocycles. The zero-order chi connectivity index (χ0) is 19.2. The molecule has 0 saturated carbocycles. The molecule has 0 radical (unpaired) electrons. The van der Waals surface area contributed by atoms with Gasteiger partial charge in [-0.25, -0.2) is 0 Å². The van der Waals surface area contributed by atoms with Crippen LogP contribution in [0.4, 0.5) is 0 Å². The summed E-state index contributed by atoms with van der Waals surface area (Å²) in [6.45, 7) is 2.51. The van der Waals surface area contributed by atoms with Crippen LogP contribution in [-0.2, 0) is 0 Å². The van der Waals surface area contributed by atoms with Crippen molar-refractivity contribution >= 4 is 36.4 Å². The van der Waals surface area contributed by atoms with Gasteiger partial charge in [-0.05, 0) is 42.8 Å². The number of rotatable bonds is 6. The van der Waals surface area contributed by atoms with E-state index in [0.29, 0.717) is 0 Å². The maximum absolute atomic E-state index is 2.51. The van der Waals surface area contributed by atoms with E-state index in [0.717, 1.165) is 0 Å². The summed E-state index contributed by atoms with van der Waals surface area (Å²) in [5, 5.41) is 5.89. The third-order valence-corrected chi connectivity index (χ3v) is 13.3. The van der Waals surface area contributed by atoms with Gasteiger partial charge in [0.1, 0.15) is 0 Å². The van der Waals surface area contributed by atoms with Gasteiger partial charge < -0.3 is 24.0 Å². The summed E-state index contributed by atoms with van der Waals surface area (Å²) >= 11 is 0. The van der Waals surface area contributed by atoms with Crippen LogP contribution in [0.15, 0.2) is 121 Å². The fraction of sp³-hybridized carbons (Fsp3) is 0.0769. The van der Waals surface area contributed by atoms with E-state index in [2.05, 4.69) is 128 Å². The fourth-order valence-corrected chi connectivity index (χ4v) is 11.8. The Labute approximate surface area is 193 Å². The zero-order valence-electron chi connectivity index (χ0n) is 16.5. The van der Waals surface area contributed by atoms with Gasteiger partial charge in [-0.1, -0.05) is 97.1 Å². The Morgan fingerprint density at radius 2 is 0.828 bits per heavy atom. The number of hydrogen-bond donors (Lipinski definition) is 0. The monoisotopic (exact) mass is 526 g/mol. The Balaban J connectivity index is 0.00000240. The van der Waals surface area contributed by atoms with Gasteiger partial charge in [0.15, 0.2) is 0 Å². The molecular formula is C26H25IP2. The lowest BCUT2D eigenvalue weighted by Crippen LogP contribution is -3.00. The van der Waals surface area contributed by atoms with E-state index >= 15 is 0 Å². The minimum atomic E-state index is -1.53. The molecule has 0 unspecified atom stereocenters. The third kappa shape index (κ3) is 5.15. The maximum atomic E-state index is 2.51. The molecule has 146 valence electrons. The first-order valence-electron chi connectivity index (χ1n) is 9.62. The normalized spacial score (nSPS) is 11.1. The van der Waals surface area contributed by atoms with Crippen molar-refractivity contribution in [3.63, 3.8) is 0 Å². The summed E-state index contributed by atoms with van der Waals surface area (Å²) < 4.78 is 0. The van der Waals surface area contributed by atoms with Crippen molar-refractivity contribution in [2.75, 3.05) is 12.6 Å². The van der Waals surface area contributed by atoms with Gasteiger partial charge in [0.05, 0.1) is 30.4 Å². The van der Waals surface area contributed by atoms with Crippen molar-refractivity contribution in [2.45, 2.75) is 0 Å². The lowest BCUT2D eigenvalue weighted by atomic mass is 10.4. The number of hydrogen-bond acceptors (Lipinski definition) is 0. The van der Waals surface area contributed by atoms with E-state index in [1.165, 1.54) is 27.1 Å². The maximum Gasteiger partial charge on any atom is 0.0992 e. The molecule has 0 spiro atoms. The van der Waals surface area contributed by atoms with Crippen LogP contribution >= 0.6 is 15.2 Å². The van der Waals surface area contributed by atoms with Crippen molar-refractivity contribution in [3.05, 3.63) is 121 Å². The minimum absolute atomic E-state index is 0. The summed E-state index contributed by atoms with van der Waals surface area (Å²) in [4.78, 5) is 0. The highest BCUT2D eigenvalue weighted by Gasteiger charge is 2.40. The highest BCUT2D eigenvalue weighted by Crippen LogP contribution is 2.61. The van der Waals surface area contributed by atoms with Gasteiger partial charge in [-0.2, -0.15) is 0 Å². The smallest absolute Gasteiger partial charge is 0.0992 e. The zero-order valence-corrected chi connectivity index (χ0v) is 20.5. The Hall–Kier alpha value is -1.53. The first-order chi connectivity index (χ1) is 13.8. The Kier molecular flexibility index (Phi) is 8.01. The van der Waals surface area contributed by atoms with Crippen LogP contribution in [0.2, 0.25) is 0 Å². The topological polar surface area (TPSA) is 0 Å². The molecule has 0 heterocycles. The molecule has 4 aromatic carbocycles. The van der Waals surface area contributed by atoms with Gasteiger partial charge in [0, 0.05) is 0 Å². The van der Waals surface area contributed by atoms with E-state index in [1.807, 2.05) is 0 Å². The largest absolute Gasteiger partial charge is 1.00 e. The molecule has 4 rings (SSSR count). The second-order valence-electron chi connectivity index (χ2n) is 7.10. The molecule has 0 aliphatic carbocycles. The second kappa shape index (κ2) is 10.5. The lowest BCUT2D eigenvalue weighted by molar-refractivity contribution is -0.00000544. The molecule has 0 atom stereocenters. The molecule has 4 aromatic rings. The molecular weight excluding hydrogens is 501 g/mol. The molecule has 0 bridgehead atoms. The van der Waals surface area contributed by atoms with Gasteiger partial charge in [-0.3, -0.25) is 0 Å². The van der Waals surface area contributed by atoms with Gasteiger partial charge in [-0.15, -0.1) is 0 Å². The summed E-state index contributed by atoms with van der Waals surface area (Å²) in [5.41, 5.74) is 0. The van der Waals surface area contributed by atoms with Crippen molar-refractivity contribution in [1.29, 1.82) is 0 Å². The molecule has 0 aliphatic rings. The summed E-state index contributed by atoms with van der Waals surface area (Å²) in [6.07, 6.45) is 0. The van der Waals surface area contributed by atoms with Crippen LogP contribution < -0.4 is 45.2 Å². The summed E-state index contributed by atoms with van der Waals surface area (Å²) in [5.74, 6) is 1.18. The van der Waals surface area contributed by atoms with Crippen LogP contribution in [0.5, 0.6) is 0 Å². The molecule has 0 saturated heterocycles. The first-order valence-corrected chi connectivity index (χ1v) is 13.6. The van der Waals surface area contributed by atoms with Crippen LogP contribution in [0.25, 0.3) is 0 Å². The average Bonchev–Trinajstić information content (AvgIpc) is 2.80. The molecule has 0 aromatic heterocycles. The quantitative estimate of drug-likeness (QED) is 0.268. The Morgan fingerprint density at radius 1 is 0.517 bits per heavy atom. The molecule has 0 amide bonds. The third-order valence-electron chi connectivity index (χ3n) is 5.21. The predicted octanol–water partition coefficient (Wildman–Crippen LogP) is 2.38. The van der Waals surface area contributed by atoms with Crippen molar-refractivity contribution < 1.29 is 24.0 Å². The van der Waals surface area contributed by atoms with E-state index in [9.17, 15) is 0 Å². The van der Waals surface area contributed by atoms with E-state index in [-0.39, 0.29) is 24.0 Å². The van der Waals surface area contributed by atoms with Gasteiger partial charge in [0.25, 0.3) is 0 Å². The van der Waals surface area contributed by atoms with Crippen LogP contribution in [0, 0.1) is 0 Å². The molecule has 3 heteroatoms. The van der Waals surface area contributed by atoms with Crippen LogP contribution in [0.1, 0.15) is 0 Å². The van der Waals surface area contributed by atoms with E-state index in [1.54, 1.807) is 0 Å². The Morgan fingerprint density at radius 3 is 1.17 bits per heavy atom. The van der Waals surface area contributed by atoms with Gasteiger partial charge in [0.2, 0.25) is 0 Å². The molecule has 0 nitrogen and oxygen atoms in total. The van der Waals surface area contributed by atoms with Crippen molar-refractivity contribution in [2.24, 2.45) is 0 Å². The molecule has 29 heavy (non-hydrogen) atoms. The van der Waals surface area contributed by atoms with Crippen LogP contribution in [0.3, 0.4) is 0 Å². The van der Waals surface area contributed by atoms with Crippen LogP contribution in [-0.4, -0.2) is 12.6 Å². The SMILES string of the molecule is C[P+](CP(c1ccccc1)c1ccccc1)(c1ccccc1)c1ccccc1.[I-]. The highest BCUT2D eigenvalue weighted by atomic mass is 127. The number of benzene rings is 4. The van der Waals surface area contributed by atoms with E-state index < -0.39 is 15.2 Å². The standard InChI is InChI=1S/C26H25P2.HI/c1-28(25-18-10-4-11-19-25,26-20-12-5-13-21-26)22-27(23-14-6-2-7-15-23)24-16-8-3-9-17-24;/h2-21H,22H2,1H3;1H/q+1;/p-1. The van der Waals surface area contributed by atoms with Gasteiger partial charge >= 0.3 is 0 Å². The second-order valence-corrected chi connectivity index (χ2v) is 13.5. The minimum Gasteiger partial charge on any atom is -1.00 e. The highest BCUT2D eigenvalue weighted by molar-refractivity contribution is 7.98. The van der Waals surface area contributed by atoms with E-state index in [4.69, 9.17) is 0 Å². The first kappa shape index (κ1) is 22.2. The fourth-order valence-electron chi connectivity index (χ4n) is 3.64. The lowest BCUT2D eigenvalue weighted by Gasteiger charge is -2.28. The van der Waals surface area contributed by atoms with Crippen molar-refractivity contribution in [3.8, 4) is 0 Å².